The lowest BCUT2D eigenvalue weighted by Gasteiger charge is -2.22. The Morgan fingerprint density at radius 1 is 1.57 bits per heavy atom. The molecule has 0 aliphatic carbocycles. The van der Waals surface area contributed by atoms with Crippen LogP contribution in [0.15, 0.2) is 0 Å². The lowest BCUT2D eigenvalue weighted by atomic mass is 10.2. The van der Waals surface area contributed by atoms with Gasteiger partial charge in [0.05, 0.1) is 6.61 Å². The van der Waals surface area contributed by atoms with Gasteiger partial charge in [-0.1, -0.05) is 0 Å². The van der Waals surface area contributed by atoms with Crippen LogP contribution in [-0.2, 0) is 4.74 Å². The quantitative estimate of drug-likeness (QED) is 0.695. The van der Waals surface area contributed by atoms with Crippen molar-refractivity contribution in [3.63, 3.8) is 0 Å². The number of ether oxygens (including phenoxy) is 1. The molecule has 1 aliphatic rings. The Morgan fingerprint density at radius 3 is 2.93 bits per heavy atom. The maximum Gasteiger partial charge on any atom is 0.0616 e. The van der Waals surface area contributed by atoms with Gasteiger partial charge in [0.1, 0.15) is 0 Å². The molecule has 0 amide bonds. The van der Waals surface area contributed by atoms with Crippen LogP contribution in [0.4, 0.5) is 0 Å². The van der Waals surface area contributed by atoms with Crippen LogP contribution < -0.4 is 5.32 Å². The summed E-state index contributed by atoms with van der Waals surface area (Å²) in [5.74, 6) is 0. The van der Waals surface area contributed by atoms with E-state index in [2.05, 4.69) is 24.2 Å². The van der Waals surface area contributed by atoms with Crippen molar-refractivity contribution < 1.29 is 4.74 Å². The third-order valence-corrected chi connectivity index (χ3v) is 2.95. The Labute approximate surface area is 87.8 Å². The van der Waals surface area contributed by atoms with Gasteiger partial charge < -0.3 is 15.0 Å². The van der Waals surface area contributed by atoms with Crippen molar-refractivity contribution in [2.45, 2.75) is 38.8 Å². The number of hydrogen-bond donors (Lipinski definition) is 1. The Bertz CT molecular complexity index is 152. The molecule has 1 fully saturated rings. The third kappa shape index (κ3) is 3.95. The highest BCUT2D eigenvalue weighted by molar-refractivity contribution is 4.79. The minimum atomic E-state index is 0.476. The van der Waals surface area contributed by atoms with Crippen molar-refractivity contribution in [2.24, 2.45) is 0 Å². The molecule has 1 aliphatic heterocycles. The van der Waals surface area contributed by atoms with Gasteiger partial charge in [-0.25, -0.2) is 0 Å². The number of nitrogens with zero attached hydrogens (tertiary/aromatic N) is 1. The zero-order valence-corrected chi connectivity index (χ0v) is 9.75. The predicted octanol–water partition coefficient (Wildman–Crippen LogP) is 1.10. The van der Waals surface area contributed by atoms with Gasteiger partial charge in [-0.05, 0) is 40.3 Å². The second kappa shape index (κ2) is 6.38. The summed E-state index contributed by atoms with van der Waals surface area (Å²) < 4.78 is 5.36. The van der Waals surface area contributed by atoms with Gasteiger partial charge in [-0.15, -0.1) is 0 Å². The minimum Gasteiger partial charge on any atom is -0.380 e. The highest BCUT2D eigenvalue weighted by Crippen LogP contribution is 2.13. The fourth-order valence-corrected chi connectivity index (χ4v) is 1.93. The zero-order chi connectivity index (χ0) is 10.4. The van der Waals surface area contributed by atoms with E-state index in [1.807, 2.05) is 6.92 Å². The lowest BCUT2D eigenvalue weighted by Crippen LogP contribution is -2.40. The Kier molecular flexibility index (Phi) is 5.45. The molecule has 84 valence electrons. The van der Waals surface area contributed by atoms with Gasteiger partial charge >= 0.3 is 0 Å². The van der Waals surface area contributed by atoms with Crippen molar-refractivity contribution >= 4 is 0 Å². The molecular formula is C11H24N2O. The summed E-state index contributed by atoms with van der Waals surface area (Å²) in [6.45, 7) is 8.22. The number of nitrogens with one attached hydrogen (secondary N) is 1. The van der Waals surface area contributed by atoms with Gasteiger partial charge in [0, 0.05) is 25.2 Å². The van der Waals surface area contributed by atoms with E-state index in [4.69, 9.17) is 4.74 Å². The van der Waals surface area contributed by atoms with E-state index in [-0.39, 0.29) is 0 Å². The summed E-state index contributed by atoms with van der Waals surface area (Å²) in [5, 5.41) is 3.52. The average Bonchev–Trinajstić information content (AvgIpc) is 2.58. The molecule has 3 nitrogen and oxygen atoms in total. The summed E-state index contributed by atoms with van der Waals surface area (Å²) in [5.41, 5.74) is 0. The van der Waals surface area contributed by atoms with Crippen molar-refractivity contribution in [3.8, 4) is 0 Å². The first-order valence-corrected chi connectivity index (χ1v) is 5.75. The van der Waals surface area contributed by atoms with Crippen molar-refractivity contribution in [2.75, 3.05) is 33.4 Å². The van der Waals surface area contributed by atoms with Crippen LogP contribution in [0.2, 0.25) is 0 Å². The highest BCUT2D eigenvalue weighted by atomic mass is 16.5. The molecule has 1 heterocycles. The van der Waals surface area contributed by atoms with Gasteiger partial charge in [0.15, 0.2) is 0 Å². The topological polar surface area (TPSA) is 24.5 Å². The molecule has 2 unspecified atom stereocenters. The molecule has 2 atom stereocenters. The molecule has 0 spiro atoms. The molecule has 0 aromatic carbocycles. The third-order valence-electron chi connectivity index (χ3n) is 2.95. The number of rotatable bonds is 6. The van der Waals surface area contributed by atoms with Crippen molar-refractivity contribution in [1.82, 2.24) is 10.2 Å². The molecule has 0 saturated carbocycles. The fourth-order valence-electron chi connectivity index (χ4n) is 1.93. The van der Waals surface area contributed by atoms with E-state index < -0.39 is 0 Å². The van der Waals surface area contributed by atoms with Gasteiger partial charge in [-0.3, -0.25) is 0 Å². The van der Waals surface area contributed by atoms with E-state index >= 15 is 0 Å². The standard InChI is InChI=1S/C11H24N2O/c1-4-14-9-10(2)12-8-11-6-5-7-13(11)3/h10-12H,4-9H2,1-3H3. The van der Waals surface area contributed by atoms with Gasteiger partial charge in [0.25, 0.3) is 0 Å². The van der Waals surface area contributed by atoms with Crippen molar-refractivity contribution in [1.29, 1.82) is 0 Å². The molecule has 0 aromatic heterocycles. The first-order chi connectivity index (χ1) is 6.74. The van der Waals surface area contributed by atoms with Gasteiger partial charge in [0.2, 0.25) is 0 Å². The lowest BCUT2D eigenvalue weighted by molar-refractivity contribution is 0.125. The predicted molar refractivity (Wildman–Crippen MR) is 59.6 cm³/mol. The first kappa shape index (κ1) is 12.0. The van der Waals surface area contributed by atoms with Crippen LogP contribution >= 0.6 is 0 Å². The highest BCUT2D eigenvalue weighted by Gasteiger charge is 2.20. The Hall–Kier alpha value is -0.120. The van der Waals surface area contributed by atoms with Crippen LogP contribution in [-0.4, -0.2) is 50.3 Å². The second-order valence-electron chi connectivity index (χ2n) is 4.25. The summed E-state index contributed by atoms with van der Waals surface area (Å²) in [6.07, 6.45) is 2.69. The van der Waals surface area contributed by atoms with Crippen LogP contribution in [0.5, 0.6) is 0 Å². The van der Waals surface area contributed by atoms with Crippen LogP contribution in [0, 0.1) is 0 Å². The zero-order valence-electron chi connectivity index (χ0n) is 9.75. The molecule has 1 rings (SSSR count). The second-order valence-corrected chi connectivity index (χ2v) is 4.25. The summed E-state index contributed by atoms with van der Waals surface area (Å²) in [4.78, 5) is 2.44. The minimum absolute atomic E-state index is 0.476. The largest absolute Gasteiger partial charge is 0.380 e. The normalized spacial score (nSPS) is 25.5. The molecule has 0 radical (unpaired) electrons. The number of likely N-dealkylation sites (tertiary alicyclic amines) is 1. The average molecular weight is 200 g/mol. The molecular weight excluding hydrogens is 176 g/mol. The molecule has 14 heavy (non-hydrogen) atoms. The molecule has 0 aromatic rings. The number of hydrogen-bond acceptors (Lipinski definition) is 3. The molecule has 0 bridgehead atoms. The molecule has 1 N–H and O–H groups in total. The summed E-state index contributed by atoms with van der Waals surface area (Å²) in [6, 6.07) is 1.21. The van der Waals surface area contributed by atoms with E-state index in [9.17, 15) is 0 Å². The fraction of sp³-hybridized carbons (Fsp3) is 1.00. The summed E-state index contributed by atoms with van der Waals surface area (Å²) >= 11 is 0. The maximum atomic E-state index is 5.36. The SMILES string of the molecule is CCOCC(C)NCC1CCCN1C. The van der Waals surface area contributed by atoms with E-state index in [1.54, 1.807) is 0 Å². The van der Waals surface area contributed by atoms with E-state index in [0.29, 0.717) is 6.04 Å². The van der Waals surface area contributed by atoms with Crippen LogP contribution in [0.1, 0.15) is 26.7 Å². The molecule has 3 heteroatoms. The van der Waals surface area contributed by atoms with Crippen LogP contribution in [0.25, 0.3) is 0 Å². The maximum absolute atomic E-state index is 5.36. The van der Waals surface area contributed by atoms with Crippen molar-refractivity contribution in [3.05, 3.63) is 0 Å². The molecule has 1 saturated heterocycles. The first-order valence-electron chi connectivity index (χ1n) is 5.75. The monoisotopic (exact) mass is 200 g/mol. The number of likely N-dealkylation sites (N-methyl/N-ethyl adjacent to an activating group) is 1. The Morgan fingerprint density at radius 2 is 2.36 bits per heavy atom. The van der Waals surface area contributed by atoms with Crippen LogP contribution in [0.3, 0.4) is 0 Å². The summed E-state index contributed by atoms with van der Waals surface area (Å²) in [7, 11) is 2.21. The smallest absolute Gasteiger partial charge is 0.0616 e. The van der Waals surface area contributed by atoms with E-state index in [1.165, 1.54) is 19.4 Å². The van der Waals surface area contributed by atoms with Gasteiger partial charge in [-0.2, -0.15) is 0 Å². The van der Waals surface area contributed by atoms with E-state index in [0.717, 1.165) is 25.8 Å². The Balaban J connectivity index is 2.07.